The normalized spacial score (nSPS) is 10.7. The summed E-state index contributed by atoms with van der Waals surface area (Å²) in [5.41, 5.74) is 1.09. The number of carbonyl (C=O) groups excluding carboxylic acids is 1. The van der Waals surface area contributed by atoms with Crippen molar-refractivity contribution in [3.8, 4) is 23.3 Å². The van der Waals surface area contributed by atoms with Crippen molar-refractivity contribution in [3.05, 3.63) is 52.0 Å². The number of carbonyl (C=O) groups is 1. The van der Waals surface area contributed by atoms with Gasteiger partial charge in [0.1, 0.15) is 17.4 Å². The van der Waals surface area contributed by atoms with Crippen molar-refractivity contribution in [2.75, 3.05) is 26.6 Å². The van der Waals surface area contributed by atoms with Crippen molar-refractivity contribution in [2.24, 2.45) is 0 Å². The number of hydrogen-bond acceptors (Lipinski definition) is 5. The van der Waals surface area contributed by atoms with E-state index in [2.05, 4.69) is 21.2 Å². The smallest absolute Gasteiger partial charge is 0.266 e. The van der Waals surface area contributed by atoms with Gasteiger partial charge in [-0.05, 0) is 35.9 Å². The van der Waals surface area contributed by atoms with Crippen LogP contribution in [0.2, 0.25) is 0 Å². The molecule has 26 heavy (non-hydrogen) atoms. The number of halogens is 1. The monoisotopic (exact) mass is 416 g/mol. The molecular formula is C19H17BrN2O4. The fraction of sp³-hybridized carbons (Fsp3) is 0.158. The topological polar surface area (TPSA) is 80.6 Å². The Morgan fingerprint density at radius 1 is 1.12 bits per heavy atom. The molecule has 2 aromatic carbocycles. The minimum Gasteiger partial charge on any atom is -0.497 e. The molecule has 0 atom stereocenters. The van der Waals surface area contributed by atoms with Gasteiger partial charge in [-0.25, -0.2) is 0 Å². The van der Waals surface area contributed by atoms with Crippen LogP contribution in [-0.4, -0.2) is 27.2 Å². The summed E-state index contributed by atoms with van der Waals surface area (Å²) < 4.78 is 16.3. The number of ether oxygens (including phenoxy) is 3. The molecule has 0 unspecified atom stereocenters. The van der Waals surface area contributed by atoms with Crippen molar-refractivity contribution in [1.29, 1.82) is 5.26 Å². The number of methoxy groups -OCH3 is 3. The molecule has 134 valence electrons. The fourth-order valence-electron chi connectivity index (χ4n) is 2.18. The fourth-order valence-corrected chi connectivity index (χ4v) is 2.62. The second-order valence-electron chi connectivity index (χ2n) is 5.08. The van der Waals surface area contributed by atoms with E-state index in [1.54, 1.807) is 36.4 Å². The Kier molecular flexibility index (Phi) is 6.64. The SMILES string of the molecule is COc1cccc(NC(=O)/C(C#N)=C/c2cc(OC)c(OC)cc2Br)c1. The Balaban J connectivity index is 2.32. The Labute approximate surface area is 160 Å². The van der Waals surface area contributed by atoms with Gasteiger partial charge >= 0.3 is 0 Å². The lowest BCUT2D eigenvalue weighted by molar-refractivity contribution is -0.112. The summed E-state index contributed by atoms with van der Waals surface area (Å²) in [5.74, 6) is 1.11. The third-order valence-electron chi connectivity index (χ3n) is 3.50. The molecule has 0 radical (unpaired) electrons. The highest BCUT2D eigenvalue weighted by atomic mass is 79.9. The summed E-state index contributed by atoms with van der Waals surface area (Å²) in [7, 11) is 4.58. The molecule has 0 fully saturated rings. The first-order valence-corrected chi connectivity index (χ1v) is 8.30. The highest BCUT2D eigenvalue weighted by Crippen LogP contribution is 2.34. The molecule has 0 spiro atoms. The number of nitrogens with one attached hydrogen (secondary N) is 1. The van der Waals surface area contributed by atoms with Gasteiger partial charge in [0.05, 0.1) is 21.3 Å². The van der Waals surface area contributed by atoms with E-state index in [9.17, 15) is 10.1 Å². The van der Waals surface area contributed by atoms with E-state index < -0.39 is 5.91 Å². The molecule has 7 heteroatoms. The van der Waals surface area contributed by atoms with Crippen molar-refractivity contribution in [2.45, 2.75) is 0 Å². The number of anilines is 1. The van der Waals surface area contributed by atoms with E-state index in [-0.39, 0.29) is 5.57 Å². The summed E-state index contributed by atoms with van der Waals surface area (Å²) in [6, 6.07) is 12.2. The van der Waals surface area contributed by atoms with Crippen LogP contribution in [0.5, 0.6) is 17.2 Å². The Hall–Kier alpha value is -2.98. The molecule has 1 amide bonds. The first kappa shape index (κ1) is 19.3. The predicted molar refractivity (Wildman–Crippen MR) is 102 cm³/mol. The summed E-state index contributed by atoms with van der Waals surface area (Å²) >= 11 is 3.41. The first-order chi connectivity index (χ1) is 12.5. The van der Waals surface area contributed by atoms with Crippen LogP contribution in [0.1, 0.15) is 5.56 Å². The lowest BCUT2D eigenvalue weighted by Crippen LogP contribution is -2.13. The molecule has 0 bridgehead atoms. The third-order valence-corrected chi connectivity index (χ3v) is 4.18. The highest BCUT2D eigenvalue weighted by Gasteiger charge is 2.13. The molecule has 0 aliphatic heterocycles. The van der Waals surface area contributed by atoms with Crippen molar-refractivity contribution in [3.63, 3.8) is 0 Å². The zero-order valence-electron chi connectivity index (χ0n) is 14.5. The van der Waals surface area contributed by atoms with Gasteiger partial charge in [-0.3, -0.25) is 4.79 Å². The maximum absolute atomic E-state index is 12.4. The number of amides is 1. The molecule has 0 heterocycles. The molecule has 0 aliphatic carbocycles. The van der Waals surface area contributed by atoms with Gasteiger partial charge in [0, 0.05) is 16.2 Å². The van der Waals surface area contributed by atoms with Gasteiger partial charge in [0.25, 0.3) is 5.91 Å². The van der Waals surface area contributed by atoms with Crippen LogP contribution >= 0.6 is 15.9 Å². The average molecular weight is 417 g/mol. The van der Waals surface area contributed by atoms with Gasteiger partial charge < -0.3 is 19.5 Å². The minimum absolute atomic E-state index is 0.0549. The maximum Gasteiger partial charge on any atom is 0.266 e. The largest absolute Gasteiger partial charge is 0.497 e. The summed E-state index contributed by atoms with van der Waals surface area (Å²) in [5, 5.41) is 12.1. The van der Waals surface area contributed by atoms with E-state index in [1.165, 1.54) is 27.4 Å². The van der Waals surface area contributed by atoms with Gasteiger partial charge in [0.2, 0.25) is 0 Å². The molecule has 0 aromatic heterocycles. The van der Waals surface area contributed by atoms with Crippen molar-refractivity contribution >= 4 is 33.6 Å². The molecule has 2 aromatic rings. The van der Waals surface area contributed by atoms with Crippen LogP contribution in [0, 0.1) is 11.3 Å². The minimum atomic E-state index is -0.526. The lowest BCUT2D eigenvalue weighted by Gasteiger charge is -2.10. The van der Waals surface area contributed by atoms with E-state index in [0.717, 1.165) is 0 Å². The molecule has 2 rings (SSSR count). The van der Waals surface area contributed by atoms with E-state index >= 15 is 0 Å². The molecule has 1 N–H and O–H groups in total. The number of nitrogens with zero attached hydrogens (tertiary/aromatic N) is 1. The zero-order chi connectivity index (χ0) is 19.1. The van der Waals surface area contributed by atoms with Crippen LogP contribution in [0.25, 0.3) is 6.08 Å². The number of benzene rings is 2. The van der Waals surface area contributed by atoms with Crippen LogP contribution in [0.4, 0.5) is 5.69 Å². The van der Waals surface area contributed by atoms with E-state index in [4.69, 9.17) is 14.2 Å². The standard InChI is InChI=1S/C19H17BrN2O4/c1-24-15-6-4-5-14(9-15)22-19(23)13(11-21)7-12-8-17(25-2)18(26-3)10-16(12)20/h4-10H,1-3H3,(H,22,23)/b13-7+. The lowest BCUT2D eigenvalue weighted by atomic mass is 10.1. The summed E-state index contributed by atoms with van der Waals surface area (Å²) in [4.78, 5) is 12.4. The van der Waals surface area contributed by atoms with Gasteiger partial charge in [0.15, 0.2) is 11.5 Å². The molecule has 0 saturated carbocycles. The van der Waals surface area contributed by atoms with Gasteiger partial charge in [-0.2, -0.15) is 5.26 Å². The summed E-state index contributed by atoms with van der Waals surface area (Å²) in [6.07, 6.45) is 1.47. The second kappa shape index (κ2) is 8.92. The highest BCUT2D eigenvalue weighted by molar-refractivity contribution is 9.10. The average Bonchev–Trinajstić information content (AvgIpc) is 2.66. The van der Waals surface area contributed by atoms with Gasteiger partial charge in [-0.15, -0.1) is 0 Å². The van der Waals surface area contributed by atoms with Crippen molar-refractivity contribution < 1.29 is 19.0 Å². The third kappa shape index (κ3) is 4.55. The van der Waals surface area contributed by atoms with Crippen LogP contribution in [0.3, 0.4) is 0 Å². The predicted octanol–water partition coefficient (Wildman–Crippen LogP) is 4.02. The van der Waals surface area contributed by atoms with Gasteiger partial charge in [-0.1, -0.05) is 22.0 Å². The van der Waals surface area contributed by atoms with Crippen LogP contribution in [0.15, 0.2) is 46.4 Å². The van der Waals surface area contributed by atoms with E-state index in [0.29, 0.717) is 33.0 Å². The molecule has 6 nitrogen and oxygen atoms in total. The zero-order valence-corrected chi connectivity index (χ0v) is 16.1. The quantitative estimate of drug-likeness (QED) is 0.567. The number of rotatable bonds is 6. The second-order valence-corrected chi connectivity index (χ2v) is 5.94. The Morgan fingerprint density at radius 3 is 2.42 bits per heavy atom. The Morgan fingerprint density at radius 2 is 1.81 bits per heavy atom. The van der Waals surface area contributed by atoms with Crippen LogP contribution < -0.4 is 19.5 Å². The maximum atomic E-state index is 12.4. The number of hydrogen-bond donors (Lipinski definition) is 1. The Bertz CT molecular complexity index is 888. The summed E-state index contributed by atoms with van der Waals surface area (Å²) in [6.45, 7) is 0. The molecular weight excluding hydrogens is 400 g/mol. The molecule has 0 aliphatic rings. The van der Waals surface area contributed by atoms with Crippen molar-refractivity contribution in [1.82, 2.24) is 0 Å². The molecule has 0 saturated heterocycles. The number of nitriles is 1. The first-order valence-electron chi connectivity index (χ1n) is 7.51. The van der Waals surface area contributed by atoms with Crippen LogP contribution in [-0.2, 0) is 4.79 Å². The van der Waals surface area contributed by atoms with E-state index in [1.807, 2.05) is 6.07 Å².